The highest BCUT2D eigenvalue weighted by Gasteiger charge is 2.15. The minimum atomic E-state index is 0.536. The SMILES string of the molecule is C#CCCCCCCc1cn(CCOc2ccc(-c3nc4ccc(N5CCN(C)CC5)cc4[nH]3)cc2)nn1. The molecule has 2 aromatic carbocycles. The molecule has 198 valence electrons. The van der Waals surface area contributed by atoms with Gasteiger partial charge in [0.2, 0.25) is 0 Å². The Morgan fingerprint density at radius 2 is 1.82 bits per heavy atom. The summed E-state index contributed by atoms with van der Waals surface area (Å²) in [6, 6.07) is 14.6. The van der Waals surface area contributed by atoms with Gasteiger partial charge in [-0.05, 0) is 68.8 Å². The average Bonchev–Trinajstić information content (AvgIpc) is 3.58. The number of ether oxygens (including phenoxy) is 1. The smallest absolute Gasteiger partial charge is 0.138 e. The third kappa shape index (κ3) is 6.73. The minimum absolute atomic E-state index is 0.536. The number of terminal acetylenes is 1. The maximum absolute atomic E-state index is 5.95. The molecule has 1 N–H and O–H groups in total. The predicted octanol–water partition coefficient (Wildman–Crippen LogP) is 4.78. The highest BCUT2D eigenvalue weighted by molar-refractivity contribution is 5.83. The van der Waals surface area contributed by atoms with E-state index in [0.29, 0.717) is 13.2 Å². The maximum Gasteiger partial charge on any atom is 0.138 e. The number of benzene rings is 2. The number of unbranched alkanes of at least 4 members (excludes halogenated alkanes) is 4. The van der Waals surface area contributed by atoms with Crippen LogP contribution in [-0.2, 0) is 13.0 Å². The zero-order chi connectivity index (χ0) is 26.2. The molecular weight excluding hydrogens is 474 g/mol. The zero-order valence-corrected chi connectivity index (χ0v) is 22.3. The summed E-state index contributed by atoms with van der Waals surface area (Å²) in [6.45, 7) is 5.49. The van der Waals surface area contributed by atoms with E-state index in [4.69, 9.17) is 16.1 Å². The Labute approximate surface area is 225 Å². The molecule has 2 aromatic heterocycles. The third-order valence-corrected chi connectivity index (χ3v) is 7.14. The molecule has 0 atom stereocenters. The lowest BCUT2D eigenvalue weighted by Crippen LogP contribution is -2.44. The highest BCUT2D eigenvalue weighted by atomic mass is 16.5. The lowest BCUT2D eigenvalue weighted by Gasteiger charge is -2.34. The number of rotatable bonds is 12. The van der Waals surface area contributed by atoms with Crippen molar-refractivity contribution < 1.29 is 4.74 Å². The Morgan fingerprint density at radius 1 is 1.00 bits per heavy atom. The molecule has 4 aromatic rings. The van der Waals surface area contributed by atoms with Crippen LogP contribution >= 0.6 is 0 Å². The molecule has 1 saturated heterocycles. The van der Waals surface area contributed by atoms with Crippen molar-refractivity contribution in [3.8, 4) is 29.5 Å². The van der Waals surface area contributed by atoms with Gasteiger partial charge in [-0.25, -0.2) is 9.67 Å². The van der Waals surface area contributed by atoms with Crippen molar-refractivity contribution in [1.82, 2.24) is 29.9 Å². The van der Waals surface area contributed by atoms with Crippen molar-refractivity contribution >= 4 is 16.7 Å². The summed E-state index contributed by atoms with van der Waals surface area (Å²) in [5.74, 6) is 4.39. The lowest BCUT2D eigenvalue weighted by atomic mass is 10.1. The number of piperazine rings is 1. The van der Waals surface area contributed by atoms with Gasteiger partial charge in [0.15, 0.2) is 0 Å². The van der Waals surface area contributed by atoms with Crippen molar-refractivity contribution in [3.63, 3.8) is 0 Å². The number of nitrogens with zero attached hydrogens (tertiary/aromatic N) is 6. The van der Waals surface area contributed by atoms with Crippen LogP contribution in [0.15, 0.2) is 48.7 Å². The first-order valence-corrected chi connectivity index (χ1v) is 13.7. The van der Waals surface area contributed by atoms with Gasteiger partial charge in [0.1, 0.15) is 18.2 Å². The van der Waals surface area contributed by atoms with Crippen molar-refractivity contribution in [1.29, 1.82) is 0 Å². The number of fused-ring (bicyclic) bond motifs is 1. The summed E-state index contributed by atoms with van der Waals surface area (Å²) >= 11 is 0. The van der Waals surface area contributed by atoms with E-state index in [1.165, 1.54) is 18.5 Å². The van der Waals surface area contributed by atoms with Crippen LogP contribution in [0.1, 0.15) is 37.8 Å². The Bertz CT molecular complexity index is 1340. The fourth-order valence-electron chi connectivity index (χ4n) is 4.81. The second-order valence-corrected chi connectivity index (χ2v) is 10.0. The number of aromatic nitrogens is 5. The molecule has 8 nitrogen and oxygen atoms in total. The first-order chi connectivity index (χ1) is 18.7. The first kappa shape index (κ1) is 25.8. The van der Waals surface area contributed by atoms with Crippen LogP contribution in [-0.4, -0.2) is 69.7 Å². The molecule has 38 heavy (non-hydrogen) atoms. The number of hydrogen-bond acceptors (Lipinski definition) is 6. The molecular formula is C30H37N7O. The Hall–Kier alpha value is -3.83. The van der Waals surface area contributed by atoms with E-state index in [-0.39, 0.29) is 0 Å². The van der Waals surface area contributed by atoms with Crippen LogP contribution in [0.4, 0.5) is 5.69 Å². The molecule has 1 fully saturated rings. The van der Waals surface area contributed by atoms with E-state index in [0.717, 1.165) is 85.7 Å². The molecule has 8 heteroatoms. The lowest BCUT2D eigenvalue weighted by molar-refractivity contribution is 0.290. The second-order valence-electron chi connectivity index (χ2n) is 10.0. The van der Waals surface area contributed by atoms with Gasteiger partial charge in [-0.1, -0.05) is 18.1 Å². The molecule has 0 radical (unpaired) electrons. The standard InChI is InChI=1S/C30H37N7O/c1-3-4-5-6-7-8-9-25-23-37(34-33-25)20-21-38-27-13-10-24(11-14-27)30-31-28-15-12-26(22-29(28)32-30)36-18-16-35(2)17-19-36/h1,10-15,22-23H,4-9,16-21H2,2H3,(H,31,32). The number of likely N-dealkylation sites (N-methyl/N-ethyl adjacent to an activating group) is 1. The van der Waals surface area contributed by atoms with Crippen LogP contribution in [0.5, 0.6) is 5.75 Å². The van der Waals surface area contributed by atoms with Crippen LogP contribution < -0.4 is 9.64 Å². The number of anilines is 1. The summed E-state index contributed by atoms with van der Waals surface area (Å²) < 4.78 is 7.81. The third-order valence-electron chi connectivity index (χ3n) is 7.14. The molecule has 0 bridgehead atoms. The highest BCUT2D eigenvalue weighted by Crippen LogP contribution is 2.26. The quantitative estimate of drug-likeness (QED) is 0.218. The van der Waals surface area contributed by atoms with Gasteiger partial charge in [0.05, 0.1) is 23.3 Å². The molecule has 0 unspecified atom stereocenters. The number of aryl methyl sites for hydroxylation is 1. The summed E-state index contributed by atoms with van der Waals surface area (Å²) in [5.41, 5.74) is 5.37. The first-order valence-electron chi connectivity index (χ1n) is 13.7. The zero-order valence-electron chi connectivity index (χ0n) is 22.3. The van der Waals surface area contributed by atoms with E-state index in [2.05, 4.69) is 56.3 Å². The van der Waals surface area contributed by atoms with Crippen molar-refractivity contribution in [2.24, 2.45) is 0 Å². The second kappa shape index (κ2) is 12.6. The van der Waals surface area contributed by atoms with Crippen LogP contribution in [0.2, 0.25) is 0 Å². The van der Waals surface area contributed by atoms with Gasteiger partial charge >= 0.3 is 0 Å². The number of imidazole rings is 1. The number of aromatic amines is 1. The van der Waals surface area contributed by atoms with E-state index < -0.39 is 0 Å². The molecule has 1 aliphatic rings. The van der Waals surface area contributed by atoms with Crippen molar-refractivity contribution in [2.75, 3.05) is 44.7 Å². The largest absolute Gasteiger partial charge is 0.492 e. The topological polar surface area (TPSA) is 75.1 Å². The number of hydrogen-bond donors (Lipinski definition) is 1. The Balaban J connectivity index is 1.10. The van der Waals surface area contributed by atoms with Crippen LogP contribution in [0.25, 0.3) is 22.4 Å². The Kier molecular flexibility index (Phi) is 8.56. The minimum Gasteiger partial charge on any atom is -0.492 e. The predicted molar refractivity (Wildman–Crippen MR) is 152 cm³/mol. The van der Waals surface area contributed by atoms with Crippen LogP contribution in [0, 0.1) is 12.3 Å². The molecule has 0 amide bonds. The molecule has 3 heterocycles. The van der Waals surface area contributed by atoms with Crippen molar-refractivity contribution in [3.05, 3.63) is 54.4 Å². The number of nitrogens with one attached hydrogen (secondary N) is 1. The molecule has 0 saturated carbocycles. The summed E-state index contributed by atoms with van der Waals surface area (Å²) in [4.78, 5) is 13.1. The summed E-state index contributed by atoms with van der Waals surface area (Å²) in [6.07, 6.45) is 13.7. The Morgan fingerprint density at radius 3 is 2.63 bits per heavy atom. The van der Waals surface area contributed by atoms with Gasteiger partial charge in [0, 0.05) is 50.0 Å². The monoisotopic (exact) mass is 511 g/mol. The van der Waals surface area contributed by atoms with E-state index in [1.54, 1.807) is 0 Å². The average molecular weight is 512 g/mol. The molecule has 1 aliphatic heterocycles. The van der Waals surface area contributed by atoms with E-state index in [1.807, 2.05) is 35.1 Å². The number of H-pyrrole nitrogens is 1. The fraction of sp³-hybridized carbons (Fsp3) is 0.433. The van der Waals surface area contributed by atoms with Crippen molar-refractivity contribution in [2.45, 2.75) is 45.1 Å². The normalized spacial score (nSPS) is 14.2. The van der Waals surface area contributed by atoms with Gasteiger partial charge < -0.3 is 19.5 Å². The van der Waals surface area contributed by atoms with E-state index >= 15 is 0 Å². The fourth-order valence-corrected chi connectivity index (χ4v) is 4.81. The van der Waals surface area contributed by atoms with Crippen LogP contribution in [0.3, 0.4) is 0 Å². The van der Waals surface area contributed by atoms with E-state index in [9.17, 15) is 0 Å². The van der Waals surface area contributed by atoms with Gasteiger partial charge in [-0.15, -0.1) is 17.4 Å². The molecule has 0 spiro atoms. The summed E-state index contributed by atoms with van der Waals surface area (Å²) in [5, 5.41) is 8.52. The molecule has 0 aliphatic carbocycles. The molecule has 5 rings (SSSR count). The van der Waals surface area contributed by atoms with Gasteiger partial charge in [-0.2, -0.15) is 0 Å². The van der Waals surface area contributed by atoms with Gasteiger partial charge in [0.25, 0.3) is 0 Å². The summed E-state index contributed by atoms with van der Waals surface area (Å²) in [7, 11) is 2.18. The maximum atomic E-state index is 5.95. The van der Waals surface area contributed by atoms with Gasteiger partial charge in [-0.3, -0.25) is 0 Å².